The number of hydrogen-bond donors (Lipinski definition) is 0. The van der Waals surface area contributed by atoms with Crippen molar-refractivity contribution in [3.05, 3.63) is 96.3 Å². The van der Waals surface area contributed by atoms with Crippen molar-refractivity contribution in [3.8, 4) is 16.8 Å². The molecule has 0 saturated carbocycles. The number of nitrogens with zero attached hydrogens (tertiary/aromatic N) is 3. The van der Waals surface area contributed by atoms with E-state index in [0.717, 1.165) is 0 Å². The third-order valence-corrected chi connectivity index (χ3v) is 7.15. The highest BCUT2D eigenvalue weighted by Gasteiger charge is 2.27. The highest BCUT2D eigenvalue weighted by Crippen LogP contribution is 2.41. The molecule has 0 unspecified atom stereocenters. The summed E-state index contributed by atoms with van der Waals surface area (Å²) in [5.41, 5.74) is 7.92. The molecule has 1 aliphatic rings. The summed E-state index contributed by atoms with van der Waals surface area (Å²) in [6.07, 6.45) is 4.63. The van der Waals surface area contributed by atoms with E-state index in [2.05, 4.69) is 141 Å². The lowest BCUT2D eigenvalue weighted by atomic mass is 9.88. The van der Waals surface area contributed by atoms with Crippen LogP contribution in [0.4, 0.5) is 5.82 Å². The number of anilines is 1. The molecule has 0 amide bonds. The summed E-state index contributed by atoms with van der Waals surface area (Å²) in [5.74, 6) is 1.99. The highest BCUT2D eigenvalue weighted by atomic mass is 15.4. The third kappa shape index (κ3) is 3.69. The van der Waals surface area contributed by atoms with Gasteiger partial charge in [-0.15, -0.1) is 0 Å². The molecule has 0 radical (unpaired) electrons. The van der Waals surface area contributed by atoms with Crippen LogP contribution in [0.5, 0.6) is 0 Å². The molecule has 4 aromatic rings. The zero-order chi connectivity index (χ0) is 24.0. The molecule has 2 heterocycles. The van der Waals surface area contributed by atoms with E-state index in [0.29, 0.717) is 11.8 Å². The van der Waals surface area contributed by atoms with E-state index >= 15 is 0 Å². The lowest BCUT2D eigenvalue weighted by Crippen LogP contribution is -2.34. The Hall–Kier alpha value is -3.46. The fraction of sp³-hybridized carbons (Fsp3) is 0.290. The molecule has 0 saturated heterocycles. The predicted molar refractivity (Wildman–Crippen MR) is 146 cm³/mol. The van der Waals surface area contributed by atoms with Gasteiger partial charge in [0.15, 0.2) is 0 Å². The average molecular weight is 450 g/mol. The minimum atomic E-state index is 0.261. The molecule has 0 bridgehead atoms. The first-order valence-corrected chi connectivity index (χ1v) is 12.4. The number of aromatic nitrogens is 1. The van der Waals surface area contributed by atoms with Crippen molar-refractivity contribution in [2.75, 3.05) is 11.9 Å². The molecular formula is C31H35N3. The summed E-state index contributed by atoms with van der Waals surface area (Å²) in [6.45, 7) is 11.5. The second kappa shape index (κ2) is 8.72. The smallest absolute Gasteiger partial charge is 0.120 e. The zero-order valence-corrected chi connectivity index (χ0v) is 21.2. The number of benzene rings is 3. The van der Waals surface area contributed by atoms with Crippen molar-refractivity contribution >= 4 is 16.7 Å². The molecule has 1 aromatic heterocycles. The van der Waals surface area contributed by atoms with Gasteiger partial charge in [-0.1, -0.05) is 76.2 Å². The summed E-state index contributed by atoms with van der Waals surface area (Å²) in [7, 11) is 2.14. The van der Waals surface area contributed by atoms with E-state index in [9.17, 15) is 0 Å². The lowest BCUT2D eigenvalue weighted by Gasteiger charge is -2.30. The minimum absolute atomic E-state index is 0.261. The Labute approximate surface area is 203 Å². The largest absolute Gasteiger partial charge is 0.359 e. The Bertz CT molecular complexity index is 1310. The van der Waals surface area contributed by atoms with Crippen molar-refractivity contribution in [3.63, 3.8) is 0 Å². The number of hydrogen-bond acceptors (Lipinski definition) is 2. The third-order valence-electron chi connectivity index (χ3n) is 7.15. The van der Waals surface area contributed by atoms with E-state index in [1.165, 1.54) is 44.7 Å². The Morgan fingerprint density at radius 3 is 1.91 bits per heavy atom. The van der Waals surface area contributed by atoms with Crippen LogP contribution < -0.4 is 4.90 Å². The summed E-state index contributed by atoms with van der Waals surface area (Å²) in [6, 6.07) is 26.7. The summed E-state index contributed by atoms with van der Waals surface area (Å²) < 4.78 is 2.51. The zero-order valence-electron chi connectivity index (χ0n) is 21.2. The van der Waals surface area contributed by atoms with Gasteiger partial charge in [0.25, 0.3) is 0 Å². The van der Waals surface area contributed by atoms with Gasteiger partial charge in [0, 0.05) is 24.8 Å². The molecule has 5 rings (SSSR count). The van der Waals surface area contributed by atoms with Crippen LogP contribution >= 0.6 is 0 Å². The van der Waals surface area contributed by atoms with Crippen LogP contribution in [0.3, 0.4) is 0 Å². The predicted octanol–water partition coefficient (Wildman–Crippen LogP) is 8.11. The second-order valence-corrected chi connectivity index (χ2v) is 10.1. The Kier molecular flexibility index (Phi) is 5.73. The fourth-order valence-corrected chi connectivity index (χ4v) is 5.07. The maximum atomic E-state index is 2.51. The molecule has 34 heavy (non-hydrogen) atoms. The van der Waals surface area contributed by atoms with Gasteiger partial charge in [-0.05, 0) is 65.3 Å². The molecule has 0 N–H and O–H groups in total. The number of fused-ring (bicyclic) bond motifs is 1. The highest BCUT2D eigenvalue weighted by molar-refractivity contribution is 5.89. The monoisotopic (exact) mass is 449 g/mol. The van der Waals surface area contributed by atoms with Gasteiger partial charge in [0.05, 0.1) is 11.2 Å². The average Bonchev–Trinajstić information content (AvgIpc) is 3.38. The SMILES string of the molecule is CC(C)c1cc(-c2ccccc2)cc(C(C)C)c1-n1c(N2C=CN(C)[C@@H]2C)cc2ccccc21. The van der Waals surface area contributed by atoms with E-state index in [1.807, 2.05) is 0 Å². The maximum absolute atomic E-state index is 2.51. The summed E-state index contributed by atoms with van der Waals surface area (Å²) >= 11 is 0. The van der Waals surface area contributed by atoms with Crippen LogP contribution in [0.1, 0.15) is 57.6 Å². The standard InChI is InChI=1S/C31H35N3/c1-21(2)27-18-26(24-12-8-7-9-13-24)19-28(22(3)4)31(27)34-29-15-11-10-14-25(29)20-30(34)33-17-16-32(6)23(33)5/h7-23H,1-6H3/t23-/m0/s1. The first kappa shape index (κ1) is 22.3. The molecule has 0 aliphatic carbocycles. The van der Waals surface area contributed by atoms with Crippen LogP contribution in [0.2, 0.25) is 0 Å². The topological polar surface area (TPSA) is 11.4 Å². The van der Waals surface area contributed by atoms with Crippen LogP contribution in [0.25, 0.3) is 27.7 Å². The first-order chi connectivity index (χ1) is 16.4. The molecule has 0 fully saturated rings. The van der Waals surface area contributed by atoms with E-state index < -0.39 is 0 Å². The van der Waals surface area contributed by atoms with Crippen LogP contribution in [0.15, 0.2) is 85.2 Å². The van der Waals surface area contributed by atoms with Crippen molar-refractivity contribution in [1.29, 1.82) is 0 Å². The van der Waals surface area contributed by atoms with Gasteiger partial charge in [0.1, 0.15) is 12.0 Å². The minimum Gasteiger partial charge on any atom is -0.359 e. The quantitative estimate of drug-likeness (QED) is 0.305. The van der Waals surface area contributed by atoms with E-state index in [4.69, 9.17) is 0 Å². The van der Waals surface area contributed by atoms with Gasteiger partial charge in [-0.3, -0.25) is 4.57 Å². The first-order valence-electron chi connectivity index (χ1n) is 12.4. The van der Waals surface area contributed by atoms with Crippen molar-refractivity contribution in [2.45, 2.75) is 52.6 Å². The maximum Gasteiger partial charge on any atom is 0.120 e. The Morgan fingerprint density at radius 2 is 1.32 bits per heavy atom. The molecule has 0 spiro atoms. The van der Waals surface area contributed by atoms with Crippen molar-refractivity contribution < 1.29 is 0 Å². The fourth-order valence-electron chi connectivity index (χ4n) is 5.07. The van der Waals surface area contributed by atoms with Crippen molar-refractivity contribution in [1.82, 2.24) is 9.47 Å². The normalized spacial score (nSPS) is 15.9. The number of rotatable bonds is 5. The van der Waals surface area contributed by atoms with Gasteiger partial charge >= 0.3 is 0 Å². The molecule has 3 heteroatoms. The van der Waals surface area contributed by atoms with Crippen molar-refractivity contribution in [2.24, 2.45) is 0 Å². The van der Waals surface area contributed by atoms with Gasteiger partial charge in [0.2, 0.25) is 0 Å². The van der Waals surface area contributed by atoms with Gasteiger partial charge in [-0.25, -0.2) is 0 Å². The molecule has 3 aromatic carbocycles. The van der Waals surface area contributed by atoms with Gasteiger partial charge in [-0.2, -0.15) is 0 Å². The summed E-state index contributed by atoms with van der Waals surface area (Å²) in [5, 5.41) is 1.27. The van der Waals surface area contributed by atoms with Crippen LogP contribution in [-0.4, -0.2) is 22.7 Å². The molecular weight excluding hydrogens is 414 g/mol. The molecule has 1 atom stereocenters. The van der Waals surface area contributed by atoms with Crippen LogP contribution in [0, 0.1) is 0 Å². The second-order valence-electron chi connectivity index (χ2n) is 10.1. The van der Waals surface area contributed by atoms with E-state index in [-0.39, 0.29) is 6.17 Å². The van der Waals surface area contributed by atoms with E-state index in [1.54, 1.807) is 0 Å². The van der Waals surface area contributed by atoms with Crippen LogP contribution in [-0.2, 0) is 0 Å². The molecule has 1 aliphatic heterocycles. The Balaban J connectivity index is 1.84. The Morgan fingerprint density at radius 1 is 0.706 bits per heavy atom. The summed E-state index contributed by atoms with van der Waals surface area (Å²) in [4.78, 5) is 4.65. The molecule has 174 valence electrons. The number of para-hydroxylation sites is 1. The molecule has 3 nitrogen and oxygen atoms in total. The van der Waals surface area contributed by atoms with Gasteiger partial charge < -0.3 is 9.80 Å². The lowest BCUT2D eigenvalue weighted by molar-refractivity contribution is 0.381.